The van der Waals surface area contributed by atoms with Gasteiger partial charge in [-0.05, 0) is 36.4 Å². The van der Waals surface area contributed by atoms with Gasteiger partial charge in [0.15, 0.2) is 5.82 Å². The van der Waals surface area contributed by atoms with Crippen molar-refractivity contribution < 1.29 is 0 Å². The molecule has 0 saturated carbocycles. The molecule has 0 fully saturated rings. The van der Waals surface area contributed by atoms with Crippen LogP contribution in [-0.2, 0) is 0 Å². The first kappa shape index (κ1) is 11.0. The molecule has 20 heavy (non-hydrogen) atoms. The molecule has 0 N–H and O–H groups in total. The van der Waals surface area contributed by atoms with E-state index in [4.69, 9.17) is 0 Å². The first-order valence-corrected chi connectivity index (χ1v) is 6.34. The van der Waals surface area contributed by atoms with E-state index in [0.29, 0.717) is 5.82 Å². The number of rotatable bonds is 1. The fourth-order valence-electron chi connectivity index (χ4n) is 2.37. The monoisotopic (exact) mass is 258 g/mol. The summed E-state index contributed by atoms with van der Waals surface area (Å²) in [4.78, 5) is 17.8. The van der Waals surface area contributed by atoms with Gasteiger partial charge in [-0.2, -0.15) is 0 Å². The van der Waals surface area contributed by atoms with E-state index in [1.807, 2.05) is 42.5 Å². The Morgan fingerprint density at radius 3 is 1.90 bits per heavy atom. The maximum absolute atomic E-state index is 4.67. The van der Waals surface area contributed by atoms with Crippen molar-refractivity contribution in [3.05, 3.63) is 72.2 Å². The maximum Gasteiger partial charge on any atom is 0.152 e. The number of nitrogens with zero attached hydrogens (tertiary/aromatic N) is 4. The summed E-state index contributed by atoms with van der Waals surface area (Å²) in [6, 6.07) is 13.6. The van der Waals surface area contributed by atoms with E-state index in [1.54, 1.807) is 18.6 Å². The lowest BCUT2D eigenvalue weighted by atomic mass is 10.1. The Hall–Kier alpha value is -2.88. The molecule has 0 bridgehead atoms. The minimum atomic E-state index is 0.689. The van der Waals surface area contributed by atoms with Crippen molar-refractivity contribution in [1.29, 1.82) is 0 Å². The number of pyridine rings is 3. The van der Waals surface area contributed by atoms with Crippen molar-refractivity contribution in [2.24, 2.45) is 4.99 Å². The van der Waals surface area contributed by atoms with Crippen LogP contribution >= 0.6 is 0 Å². The first-order valence-electron chi connectivity index (χ1n) is 6.34. The lowest BCUT2D eigenvalue weighted by Crippen LogP contribution is -1.98. The van der Waals surface area contributed by atoms with Gasteiger partial charge in [-0.1, -0.05) is 6.07 Å². The molecule has 4 nitrogen and oxygen atoms in total. The van der Waals surface area contributed by atoms with Gasteiger partial charge in [0.25, 0.3) is 0 Å². The van der Waals surface area contributed by atoms with Gasteiger partial charge in [0.2, 0.25) is 0 Å². The van der Waals surface area contributed by atoms with Crippen molar-refractivity contribution >= 4 is 11.5 Å². The van der Waals surface area contributed by atoms with Gasteiger partial charge in [-0.25, -0.2) is 9.98 Å². The Kier molecular flexibility index (Phi) is 2.39. The molecule has 0 spiro atoms. The average Bonchev–Trinajstić information content (AvgIpc) is 2.84. The van der Waals surface area contributed by atoms with E-state index < -0.39 is 0 Å². The zero-order chi connectivity index (χ0) is 13.4. The van der Waals surface area contributed by atoms with Crippen LogP contribution in [0, 0.1) is 0 Å². The first-order chi connectivity index (χ1) is 9.93. The highest BCUT2D eigenvalue weighted by atomic mass is 14.9. The quantitative estimate of drug-likeness (QED) is 0.527. The Balaban J connectivity index is 1.99. The molecule has 0 radical (unpaired) electrons. The molecule has 0 amide bonds. The van der Waals surface area contributed by atoms with Crippen molar-refractivity contribution in [2.45, 2.75) is 0 Å². The van der Waals surface area contributed by atoms with Crippen LogP contribution in [0.1, 0.15) is 11.1 Å². The molecule has 1 aliphatic rings. The summed E-state index contributed by atoms with van der Waals surface area (Å²) >= 11 is 0. The van der Waals surface area contributed by atoms with Crippen LogP contribution in [-0.4, -0.2) is 20.7 Å². The maximum atomic E-state index is 4.67. The van der Waals surface area contributed by atoms with Crippen LogP contribution in [0.2, 0.25) is 0 Å². The molecule has 0 atom stereocenters. The summed E-state index contributed by atoms with van der Waals surface area (Å²) in [5, 5.41) is 0. The van der Waals surface area contributed by atoms with Crippen LogP contribution in [0.3, 0.4) is 0 Å². The summed E-state index contributed by atoms with van der Waals surface area (Å²) in [6.45, 7) is 0. The lowest BCUT2D eigenvalue weighted by Gasteiger charge is -2.00. The molecule has 3 aromatic rings. The van der Waals surface area contributed by atoms with Gasteiger partial charge in [-0.3, -0.25) is 9.97 Å². The predicted molar refractivity (Wildman–Crippen MR) is 77.0 cm³/mol. The van der Waals surface area contributed by atoms with Gasteiger partial charge in [0, 0.05) is 29.7 Å². The highest BCUT2D eigenvalue weighted by Crippen LogP contribution is 2.34. The predicted octanol–water partition coefficient (Wildman–Crippen LogP) is 3.02. The third kappa shape index (κ3) is 1.62. The van der Waals surface area contributed by atoms with E-state index in [0.717, 1.165) is 28.2 Å². The van der Waals surface area contributed by atoms with Gasteiger partial charge < -0.3 is 0 Å². The largest absolute Gasteiger partial charge is 0.254 e. The average molecular weight is 258 g/mol. The van der Waals surface area contributed by atoms with E-state index in [1.165, 1.54) is 0 Å². The van der Waals surface area contributed by atoms with Crippen LogP contribution < -0.4 is 0 Å². The summed E-state index contributed by atoms with van der Waals surface area (Å²) < 4.78 is 0. The van der Waals surface area contributed by atoms with E-state index in [9.17, 15) is 0 Å². The number of hydrogen-bond acceptors (Lipinski definition) is 4. The Morgan fingerprint density at radius 1 is 0.650 bits per heavy atom. The standard InChI is InChI=1S/C16H10N4/c1-2-8-17-13(7-1)20-14-11-5-3-9-18-15(11)16-12(14)6-4-10-19-16/h1-10H. The molecule has 4 rings (SSSR count). The normalized spacial score (nSPS) is 11.9. The second-order valence-corrected chi connectivity index (χ2v) is 4.45. The van der Waals surface area contributed by atoms with Crippen LogP contribution in [0.5, 0.6) is 0 Å². The lowest BCUT2D eigenvalue weighted by molar-refractivity contribution is 1.26. The Morgan fingerprint density at radius 2 is 1.30 bits per heavy atom. The minimum absolute atomic E-state index is 0.689. The van der Waals surface area contributed by atoms with E-state index in [2.05, 4.69) is 19.9 Å². The zero-order valence-electron chi connectivity index (χ0n) is 10.6. The topological polar surface area (TPSA) is 51.0 Å². The molecule has 3 heterocycles. The molecule has 3 aromatic heterocycles. The third-order valence-corrected chi connectivity index (χ3v) is 3.23. The summed E-state index contributed by atoms with van der Waals surface area (Å²) in [7, 11) is 0. The van der Waals surface area contributed by atoms with Crippen LogP contribution in [0.4, 0.5) is 5.82 Å². The van der Waals surface area contributed by atoms with Gasteiger partial charge in [-0.15, -0.1) is 0 Å². The molecule has 4 heteroatoms. The van der Waals surface area contributed by atoms with Crippen molar-refractivity contribution in [3.63, 3.8) is 0 Å². The van der Waals surface area contributed by atoms with Crippen LogP contribution in [0.15, 0.2) is 66.0 Å². The number of hydrogen-bond donors (Lipinski definition) is 0. The fourth-order valence-corrected chi connectivity index (χ4v) is 2.37. The van der Waals surface area contributed by atoms with Crippen LogP contribution in [0.25, 0.3) is 11.4 Å². The highest BCUT2D eigenvalue weighted by Gasteiger charge is 2.26. The molecule has 0 aliphatic heterocycles. The molecular formula is C16H10N4. The van der Waals surface area contributed by atoms with E-state index >= 15 is 0 Å². The number of fused-ring (bicyclic) bond motifs is 3. The van der Waals surface area contributed by atoms with Crippen molar-refractivity contribution in [3.8, 4) is 11.4 Å². The fraction of sp³-hybridized carbons (Fsp3) is 0. The second-order valence-electron chi connectivity index (χ2n) is 4.45. The number of aromatic nitrogens is 3. The summed E-state index contributed by atoms with van der Waals surface area (Å²) in [5.74, 6) is 0.689. The Labute approximate surface area is 115 Å². The third-order valence-electron chi connectivity index (χ3n) is 3.23. The summed E-state index contributed by atoms with van der Waals surface area (Å²) in [5.41, 5.74) is 4.67. The smallest absolute Gasteiger partial charge is 0.152 e. The molecular weight excluding hydrogens is 248 g/mol. The van der Waals surface area contributed by atoms with Gasteiger partial charge in [0.05, 0.1) is 17.1 Å². The number of aliphatic imine (C=N–C) groups is 1. The molecule has 1 aliphatic carbocycles. The second kappa shape index (κ2) is 4.35. The highest BCUT2D eigenvalue weighted by molar-refractivity contribution is 6.23. The molecule has 0 saturated heterocycles. The molecule has 0 aromatic carbocycles. The molecule has 0 unspecified atom stereocenters. The van der Waals surface area contributed by atoms with Crippen molar-refractivity contribution in [2.75, 3.05) is 0 Å². The SMILES string of the molecule is c1ccc(N=C2c3cccnc3-c3ncccc32)nc1. The summed E-state index contributed by atoms with van der Waals surface area (Å²) in [6.07, 6.45) is 5.30. The Bertz CT molecular complexity index is 762. The minimum Gasteiger partial charge on any atom is -0.254 e. The van der Waals surface area contributed by atoms with Gasteiger partial charge >= 0.3 is 0 Å². The molecule has 94 valence electrons. The van der Waals surface area contributed by atoms with Gasteiger partial charge in [0.1, 0.15) is 0 Å². The zero-order valence-corrected chi connectivity index (χ0v) is 10.6. The van der Waals surface area contributed by atoms with Crippen molar-refractivity contribution in [1.82, 2.24) is 15.0 Å². The van der Waals surface area contributed by atoms with E-state index in [-0.39, 0.29) is 0 Å².